The summed E-state index contributed by atoms with van der Waals surface area (Å²) >= 11 is 0. The van der Waals surface area contributed by atoms with Crippen LogP contribution in [0.2, 0.25) is 0 Å². The first-order valence-corrected chi connectivity index (χ1v) is 5.10. The van der Waals surface area contributed by atoms with Crippen LogP contribution in [-0.2, 0) is 0 Å². The lowest BCUT2D eigenvalue weighted by atomic mass is 9.93. The van der Waals surface area contributed by atoms with Gasteiger partial charge in [-0.1, -0.05) is 19.1 Å². The second-order valence-electron chi connectivity index (χ2n) is 4.14. The minimum Gasteiger partial charge on any atom is -0.396 e. The molecular formula is C12H16N2O2. The van der Waals surface area contributed by atoms with Gasteiger partial charge in [-0.05, 0) is 12.1 Å². The largest absolute Gasteiger partial charge is 0.396 e. The second-order valence-corrected chi connectivity index (χ2v) is 4.14. The first kappa shape index (κ1) is 12.5. The smallest absolute Gasteiger partial charge is 0.101 e. The third-order valence-corrected chi connectivity index (χ3v) is 2.52. The number of nitrogens with one attached hydrogen (secondary N) is 1. The Morgan fingerprint density at radius 2 is 1.94 bits per heavy atom. The summed E-state index contributed by atoms with van der Waals surface area (Å²) in [5, 5.41) is 30.2. The van der Waals surface area contributed by atoms with Gasteiger partial charge < -0.3 is 15.5 Å². The molecule has 0 aliphatic heterocycles. The average molecular weight is 220 g/mol. The number of hydrogen-bond acceptors (Lipinski definition) is 4. The van der Waals surface area contributed by atoms with Crippen molar-refractivity contribution in [1.29, 1.82) is 5.26 Å². The third kappa shape index (κ3) is 2.96. The van der Waals surface area contributed by atoms with E-state index in [1.54, 1.807) is 25.1 Å². The molecule has 0 spiro atoms. The van der Waals surface area contributed by atoms with E-state index in [0.717, 1.165) is 5.69 Å². The number of para-hydroxylation sites is 1. The second kappa shape index (κ2) is 5.50. The van der Waals surface area contributed by atoms with Gasteiger partial charge in [0.2, 0.25) is 0 Å². The molecule has 3 N–H and O–H groups in total. The topological polar surface area (TPSA) is 76.3 Å². The Balaban J connectivity index is 2.72. The van der Waals surface area contributed by atoms with Gasteiger partial charge in [-0.3, -0.25) is 0 Å². The lowest BCUT2D eigenvalue weighted by molar-refractivity contribution is 0.0806. The highest BCUT2D eigenvalue weighted by atomic mass is 16.3. The fourth-order valence-electron chi connectivity index (χ4n) is 1.21. The van der Waals surface area contributed by atoms with E-state index < -0.39 is 5.41 Å². The Labute approximate surface area is 95.2 Å². The summed E-state index contributed by atoms with van der Waals surface area (Å²) in [6.45, 7) is 1.98. The number of nitriles is 1. The fraction of sp³-hybridized carbons (Fsp3) is 0.417. The quantitative estimate of drug-likeness (QED) is 0.691. The van der Waals surface area contributed by atoms with Crippen LogP contribution in [0.4, 0.5) is 5.69 Å². The maximum atomic E-state index is 9.12. The van der Waals surface area contributed by atoms with Crippen LogP contribution < -0.4 is 5.32 Å². The van der Waals surface area contributed by atoms with Gasteiger partial charge in [0, 0.05) is 12.0 Å². The van der Waals surface area contributed by atoms with E-state index >= 15 is 0 Å². The monoisotopic (exact) mass is 220 g/mol. The van der Waals surface area contributed by atoms with E-state index in [4.69, 9.17) is 15.5 Å². The Morgan fingerprint density at radius 1 is 1.31 bits per heavy atom. The highest BCUT2D eigenvalue weighted by Crippen LogP contribution is 2.18. The number of nitrogens with zero attached hydrogens (tertiary/aromatic N) is 1. The van der Waals surface area contributed by atoms with Gasteiger partial charge in [-0.25, -0.2) is 0 Å². The van der Waals surface area contributed by atoms with Crippen LogP contribution in [0.25, 0.3) is 0 Å². The summed E-state index contributed by atoms with van der Waals surface area (Å²) in [5.74, 6) is 0. The van der Waals surface area contributed by atoms with Crippen molar-refractivity contribution in [2.24, 2.45) is 5.41 Å². The van der Waals surface area contributed by atoms with Crippen LogP contribution in [0.5, 0.6) is 0 Å². The lowest BCUT2D eigenvalue weighted by Crippen LogP contribution is -2.34. The molecule has 1 rings (SSSR count). The van der Waals surface area contributed by atoms with Crippen LogP contribution >= 0.6 is 0 Å². The molecular weight excluding hydrogens is 204 g/mol. The zero-order valence-corrected chi connectivity index (χ0v) is 9.27. The number of aliphatic hydroxyl groups excluding tert-OH is 2. The molecule has 16 heavy (non-hydrogen) atoms. The van der Waals surface area contributed by atoms with E-state index in [0.29, 0.717) is 12.1 Å². The molecule has 0 aliphatic rings. The van der Waals surface area contributed by atoms with Crippen molar-refractivity contribution in [3.05, 3.63) is 29.8 Å². The van der Waals surface area contributed by atoms with Crippen molar-refractivity contribution in [3.63, 3.8) is 0 Å². The fourth-order valence-corrected chi connectivity index (χ4v) is 1.21. The van der Waals surface area contributed by atoms with Crippen molar-refractivity contribution in [2.75, 3.05) is 25.1 Å². The van der Waals surface area contributed by atoms with E-state index in [-0.39, 0.29) is 13.2 Å². The van der Waals surface area contributed by atoms with Gasteiger partial charge in [-0.15, -0.1) is 0 Å². The molecule has 1 aromatic carbocycles. The Bertz CT molecular complexity index is 381. The summed E-state index contributed by atoms with van der Waals surface area (Å²) in [5.41, 5.74) is 0.696. The minimum absolute atomic E-state index is 0.106. The molecule has 0 heterocycles. The van der Waals surface area contributed by atoms with E-state index in [2.05, 4.69) is 11.4 Å². The van der Waals surface area contributed by atoms with Crippen LogP contribution in [-0.4, -0.2) is 30.0 Å². The minimum atomic E-state index is -0.581. The molecule has 0 fully saturated rings. The highest BCUT2D eigenvalue weighted by molar-refractivity contribution is 5.57. The normalized spacial score (nSPS) is 10.9. The Morgan fingerprint density at radius 3 is 2.50 bits per heavy atom. The van der Waals surface area contributed by atoms with E-state index in [9.17, 15) is 0 Å². The summed E-state index contributed by atoms with van der Waals surface area (Å²) in [6.07, 6.45) is 0. The van der Waals surface area contributed by atoms with Crippen molar-refractivity contribution < 1.29 is 10.2 Å². The summed E-state index contributed by atoms with van der Waals surface area (Å²) < 4.78 is 0. The number of hydrogen-bond donors (Lipinski definition) is 3. The van der Waals surface area contributed by atoms with Gasteiger partial charge >= 0.3 is 0 Å². The van der Waals surface area contributed by atoms with E-state index in [1.807, 2.05) is 6.07 Å². The standard InChI is InChI=1S/C12H16N2O2/c1-12(8-15,9-16)7-14-11-5-3-2-4-10(11)6-13/h2-5,14-16H,7-9H2,1H3. The number of benzene rings is 1. The predicted octanol–water partition coefficient (Wildman–Crippen LogP) is 0.961. The van der Waals surface area contributed by atoms with Gasteiger partial charge in [0.05, 0.1) is 24.5 Å². The first-order valence-electron chi connectivity index (χ1n) is 5.10. The maximum Gasteiger partial charge on any atom is 0.101 e. The van der Waals surface area contributed by atoms with Crippen LogP contribution in [0, 0.1) is 16.7 Å². The molecule has 0 amide bonds. The first-order chi connectivity index (χ1) is 7.65. The molecule has 86 valence electrons. The van der Waals surface area contributed by atoms with E-state index in [1.165, 1.54) is 0 Å². The third-order valence-electron chi connectivity index (χ3n) is 2.52. The zero-order chi connectivity index (χ0) is 12.0. The molecule has 4 nitrogen and oxygen atoms in total. The van der Waals surface area contributed by atoms with Gasteiger partial charge in [0.15, 0.2) is 0 Å². The summed E-state index contributed by atoms with van der Waals surface area (Å²) in [6, 6.07) is 9.22. The molecule has 0 bridgehead atoms. The molecule has 0 saturated heterocycles. The number of rotatable bonds is 5. The Hall–Kier alpha value is -1.57. The van der Waals surface area contributed by atoms with Crippen LogP contribution in [0.15, 0.2) is 24.3 Å². The van der Waals surface area contributed by atoms with Gasteiger partial charge in [0.1, 0.15) is 6.07 Å². The van der Waals surface area contributed by atoms with Crippen molar-refractivity contribution in [3.8, 4) is 6.07 Å². The Kier molecular flexibility index (Phi) is 4.29. The highest BCUT2D eigenvalue weighted by Gasteiger charge is 2.22. The summed E-state index contributed by atoms with van der Waals surface area (Å²) in [7, 11) is 0. The number of anilines is 1. The molecule has 0 radical (unpaired) electrons. The molecule has 0 unspecified atom stereocenters. The lowest BCUT2D eigenvalue weighted by Gasteiger charge is -2.25. The molecule has 0 aliphatic carbocycles. The van der Waals surface area contributed by atoms with Crippen molar-refractivity contribution >= 4 is 5.69 Å². The predicted molar refractivity (Wildman–Crippen MR) is 61.9 cm³/mol. The maximum absolute atomic E-state index is 9.12. The SMILES string of the molecule is CC(CO)(CO)CNc1ccccc1C#N. The molecule has 1 aromatic rings. The van der Waals surface area contributed by atoms with Gasteiger partial charge in [-0.2, -0.15) is 5.26 Å². The van der Waals surface area contributed by atoms with Crippen molar-refractivity contribution in [1.82, 2.24) is 0 Å². The molecule has 0 aromatic heterocycles. The average Bonchev–Trinajstić information content (AvgIpc) is 2.36. The van der Waals surface area contributed by atoms with Gasteiger partial charge in [0.25, 0.3) is 0 Å². The zero-order valence-electron chi connectivity index (χ0n) is 9.27. The number of aliphatic hydroxyl groups is 2. The van der Waals surface area contributed by atoms with Crippen molar-refractivity contribution in [2.45, 2.75) is 6.92 Å². The van der Waals surface area contributed by atoms with Crippen LogP contribution in [0.3, 0.4) is 0 Å². The molecule has 4 heteroatoms. The molecule has 0 atom stereocenters. The van der Waals surface area contributed by atoms with Crippen LogP contribution in [0.1, 0.15) is 12.5 Å². The summed E-state index contributed by atoms with van der Waals surface area (Å²) in [4.78, 5) is 0. The molecule has 0 saturated carbocycles.